The summed E-state index contributed by atoms with van der Waals surface area (Å²) in [6.45, 7) is 3.16. The topological polar surface area (TPSA) is 38.5 Å². The maximum Gasteiger partial charge on any atom is 0.0480 e. The van der Waals surface area contributed by atoms with Crippen molar-refractivity contribution in [3.8, 4) is 0 Å². The normalized spacial score (nSPS) is 29.5. The van der Waals surface area contributed by atoms with E-state index in [0.717, 1.165) is 25.2 Å². The summed E-state index contributed by atoms with van der Waals surface area (Å²) in [6.07, 6.45) is 7.54. The molecule has 0 atom stereocenters. The van der Waals surface area contributed by atoms with Gasteiger partial charge in [0.1, 0.15) is 0 Å². The fraction of sp³-hybridized carbons (Fsp3) is 1.00. The summed E-state index contributed by atoms with van der Waals surface area (Å²) >= 11 is 0. The maximum atomic E-state index is 5.94. The summed E-state index contributed by atoms with van der Waals surface area (Å²) < 4.78 is 5.41. The van der Waals surface area contributed by atoms with E-state index in [1.807, 2.05) is 0 Å². The molecule has 1 aliphatic heterocycles. The lowest BCUT2D eigenvalue weighted by molar-refractivity contribution is 0.0359. The standard InChI is InChI=1S/C13H26N2O.2ClH/c1-15(13-6-8-16-9-7-13)10-11-2-4-12(14)5-3-11;;/h11-13H,2-10,14H2,1H3;2*1H/t11-,12-;;. The minimum absolute atomic E-state index is 0. The second-order valence-electron chi connectivity index (χ2n) is 5.56. The number of hydrogen-bond donors (Lipinski definition) is 1. The van der Waals surface area contributed by atoms with Gasteiger partial charge in [-0.1, -0.05) is 0 Å². The highest BCUT2D eigenvalue weighted by molar-refractivity contribution is 5.85. The lowest BCUT2D eigenvalue weighted by atomic mass is 9.86. The highest BCUT2D eigenvalue weighted by Crippen LogP contribution is 2.25. The van der Waals surface area contributed by atoms with Gasteiger partial charge in [0.15, 0.2) is 0 Å². The van der Waals surface area contributed by atoms with Crippen molar-refractivity contribution in [3.05, 3.63) is 0 Å². The van der Waals surface area contributed by atoms with E-state index < -0.39 is 0 Å². The molecule has 0 radical (unpaired) electrons. The van der Waals surface area contributed by atoms with E-state index in [9.17, 15) is 0 Å². The summed E-state index contributed by atoms with van der Waals surface area (Å²) in [6, 6.07) is 1.23. The zero-order chi connectivity index (χ0) is 11.4. The van der Waals surface area contributed by atoms with Crippen molar-refractivity contribution >= 4 is 24.8 Å². The van der Waals surface area contributed by atoms with Crippen molar-refractivity contribution in [3.63, 3.8) is 0 Å². The molecule has 2 rings (SSSR count). The van der Waals surface area contributed by atoms with Gasteiger partial charge >= 0.3 is 0 Å². The van der Waals surface area contributed by atoms with Crippen LogP contribution < -0.4 is 5.73 Å². The molecule has 0 unspecified atom stereocenters. The van der Waals surface area contributed by atoms with Crippen LogP contribution in [0.5, 0.6) is 0 Å². The largest absolute Gasteiger partial charge is 0.381 e. The van der Waals surface area contributed by atoms with Gasteiger partial charge in [-0.3, -0.25) is 0 Å². The van der Waals surface area contributed by atoms with Gasteiger partial charge in [-0.25, -0.2) is 0 Å². The molecular weight excluding hydrogens is 271 g/mol. The quantitative estimate of drug-likeness (QED) is 0.870. The molecule has 1 saturated carbocycles. The van der Waals surface area contributed by atoms with Crippen LogP contribution in [0.25, 0.3) is 0 Å². The number of nitrogens with two attached hydrogens (primary N) is 1. The molecular formula is C13H28Cl2N2O. The van der Waals surface area contributed by atoms with Crippen LogP contribution >= 0.6 is 24.8 Å². The zero-order valence-electron chi connectivity index (χ0n) is 11.3. The molecule has 0 amide bonds. The van der Waals surface area contributed by atoms with Crippen molar-refractivity contribution in [1.29, 1.82) is 0 Å². The van der Waals surface area contributed by atoms with E-state index in [4.69, 9.17) is 10.5 Å². The third-order valence-corrected chi connectivity index (χ3v) is 4.25. The zero-order valence-corrected chi connectivity index (χ0v) is 13.0. The average molecular weight is 299 g/mol. The molecule has 2 aliphatic rings. The predicted molar refractivity (Wildman–Crippen MR) is 80.9 cm³/mol. The Morgan fingerprint density at radius 2 is 1.56 bits per heavy atom. The Labute approximate surface area is 124 Å². The molecule has 0 aromatic heterocycles. The van der Waals surface area contributed by atoms with E-state index in [1.54, 1.807) is 0 Å². The molecule has 3 nitrogen and oxygen atoms in total. The van der Waals surface area contributed by atoms with Crippen molar-refractivity contribution in [2.75, 3.05) is 26.8 Å². The Bertz CT molecular complexity index is 205. The van der Waals surface area contributed by atoms with Gasteiger partial charge in [0.05, 0.1) is 0 Å². The third kappa shape index (κ3) is 5.62. The van der Waals surface area contributed by atoms with Gasteiger partial charge in [-0.2, -0.15) is 0 Å². The second-order valence-corrected chi connectivity index (χ2v) is 5.56. The molecule has 110 valence electrons. The van der Waals surface area contributed by atoms with Crippen molar-refractivity contribution < 1.29 is 4.74 Å². The molecule has 1 aliphatic carbocycles. The molecule has 18 heavy (non-hydrogen) atoms. The summed E-state index contributed by atoms with van der Waals surface area (Å²) in [5.41, 5.74) is 5.94. The van der Waals surface area contributed by atoms with Crippen LogP contribution in [0.2, 0.25) is 0 Å². The molecule has 0 bridgehead atoms. The third-order valence-electron chi connectivity index (χ3n) is 4.25. The minimum Gasteiger partial charge on any atom is -0.381 e. The number of rotatable bonds is 3. The first-order valence-electron chi connectivity index (χ1n) is 6.79. The molecule has 2 N–H and O–H groups in total. The number of nitrogens with zero attached hydrogens (tertiary/aromatic N) is 1. The van der Waals surface area contributed by atoms with Crippen molar-refractivity contribution in [2.24, 2.45) is 11.7 Å². The highest BCUT2D eigenvalue weighted by atomic mass is 35.5. The summed E-state index contributed by atoms with van der Waals surface area (Å²) in [7, 11) is 2.28. The van der Waals surface area contributed by atoms with E-state index in [-0.39, 0.29) is 24.8 Å². The predicted octanol–water partition coefficient (Wildman–Crippen LogP) is 2.46. The van der Waals surface area contributed by atoms with E-state index in [0.29, 0.717) is 6.04 Å². The Kier molecular flexibility index (Phi) is 9.62. The van der Waals surface area contributed by atoms with Gasteiger partial charge in [-0.05, 0) is 51.5 Å². The summed E-state index contributed by atoms with van der Waals surface area (Å²) in [5, 5.41) is 0. The average Bonchev–Trinajstić information content (AvgIpc) is 2.33. The van der Waals surface area contributed by atoms with E-state index in [1.165, 1.54) is 45.1 Å². The fourth-order valence-electron chi connectivity index (χ4n) is 3.05. The monoisotopic (exact) mass is 298 g/mol. The lowest BCUT2D eigenvalue weighted by Crippen LogP contribution is -2.40. The summed E-state index contributed by atoms with van der Waals surface area (Å²) in [5.74, 6) is 0.882. The first-order chi connectivity index (χ1) is 7.75. The Morgan fingerprint density at radius 3 is 2.11 bits per heavy atom. The first kappa shape index (κ1) is 18.5. The van der Waals surface area contributed by atoms with Gasteiger partial charge in [0.2, 0.25) is 0 Å². The SMILES string of the molecule is CN(C[C@H]1CC[C@H](N)CC1)C1CCOCC1.Cl.Cl. The van der Waals surface area contributed by atoms with Crippen LogP contribution in [-0.2, 0) is 4.74 Å². The molecule has 0 spiro atoms. The molecule has 1 saturated heterocycles. The Hall–Kier alpha value is 0.460. The minimum atomic E-state index is 0. The Morgan fingerprint density at radius 1 is 1.00 bits per heavy atom. The van der Waals surface area contributed by atoms with E-state index >= 15 is 0 Å². The van der Waals surface area contributed by atoms with Gasteiger partial charge < -0.3 is 15.4 Å². The van der Waals surface area contributed by atoms with Crippen LogP contribution in [0.1, 0.15) is 38.5 Å². The molecule has 0 aromatic rings. The smallest absolute Gasteiger partial charge is 0.0480 e. The number of ether oxygens (including phenoxy) is 1. The van der Waals surface area contributed by atoms with E-state index in [2.05, 4.69) is 11.9 Å². The molecule has 1 heterocycles. The van der Waals surface area contributed by atoms with Gasteiger partial charge in [0.25, 0.3) is 0 Å². The van der Waals surface area contributed by atoms with Gasteiger partial charge in [0, 0.05) is 31.8 Å². The second kappa shape index (κ2) is 9.38. The highest BCUT2D eigenvalue weighted by Gasteiger charge is 2.24. The number of hydrogen-bond acceptors (Lipinski definition) is 3. The van der Waals surface area contributed by atoms with Crippen LogP contribution in [-0.4, -0.2) is 43.8 Å². The van der Waals surface area contributed by atoms with Crippen LogP contribution in [0.4, 0.5) is 0 Å². The Balaban J connectivity index is 0.00000144. The number of halogens is 2. The molecule has 2 fully saturated rings. The first-order valence-corrected chi connectivity index (χ1v) is 6.79. The lowest BCUT2D eigenvalue weighted by Gasteiger charge is -2.35. The van der Waals surface area contributed by atoms with Crippen molar-refractivity contribution in [1.82, 2.24) is 4.90 Å². The van der Waals surface area contributed by atoms with Crippen molar-refractivity contribution in [2.45, 2.75) is 50.6 Å². The molecule has 5 heteroatoms. The van der Waals surface area contributed by atoms with Crippen LogP contribution in [0, 0.1) is 5.92 Å². The molecule has 0 aromatic carbocycles. The summed E-state index contributed by atoms with van der Waals surface area (Å²) in [4.78, 5) is 2.56. The fourth-order valence-corrected chi connectivity index (χ4v) is 3.05. The van der Waals surface area contributed by atoms with Crippen LogP contribution in [0.3, 0.4) is 0 Å². The van der Waals surface area contributed by atoms with Crippen LogP contribution in [0.15, 0.2) is 0 Å². The van der Waals surface area contributed by atoms with Gasteiger partial charge in [-0.15, -0.1) is 24.8 Å². The maximum absolute atomic E-state index is 5.94.